The predicted octanol–water partition coefficient (Wildman–Crippen LogP) is 1.31. The van der Waals surface area contributed by atoms with Crippen LogP contribution in [0, 0.1) is 21.4 Å². The van der Waals surface area contributed by atoms with E-state index in [1.165, 1.54) is 6.07 Å². The van der Waals surface area contributed by atoms with Crippen LogP contribution in [0.5, 0.6) is 5.75 Å². The lowest BCUT2D eigenvalue weighted by atomic mass is 10.1. The molecule has 0 bridgehead atoms. The zero-order valence-electron chi connectivity index (χ0n) is 15.9. The number of allylic oxidation sites excluding steroid dienone is 1. The highest BCUT2D eigenvalue weighted by molar-refractivity contribution is 7.99. The number of esters is 1. The first-order chi connectivity index (χ1) is 14.2. The third kappa shape index (κ3) is 4.85. The van der Waals surface area contributed by atoms with Crippen molar-refractivity contribution in [2.75, 3.05) is 12.9 Å². The number of nitrogens with zero attached hydrogens (tertiary/aromatic N) is 4. The number of thioether (sulfide) groups is 1. The van der Waals surface area contributed by atoms with Crippen LogP contribution in [0.1, 0.15) is 29.3 Å². The summed E-state index contributed by atoms with van der Waals surface area (Å²) in [4.78, 5) is 38.5. The van der Waals surface area contributed by atoms with E-state index in [1.807, 2.05) is 6.07 Å². The standard InChI is InChI=1S/C17H17N5O7S/c1-3-28-13(23)7-11-14(22(26)27)15(21(19)17(20-11)30-2)29-12-6-9(8-18)4-5-10(12)16(24)25/h4-6,17H,3,7,19H2,1-2H3,(H,24,25). The number of carboxylic acids is 1. The molecule has 1 aliphatic rings. The number of carboxylic acid groups (broad SMARTS) is 1. The van der Waals surface area contributed by atoms with Crippen molar-refractivity contribution in [3.63, 3.8) is 0 Å². The number of carbonyl (C=O) groups is 2. The Labute approximate surface area is 174 Å². The second-order valence-electron chi connectivity index (χ2n) is 5.67. The minimum Gasteiger partial charge on any atom is -0.478 e. The van der Waals surface area contributed by atoms with Gasteiger partial charge in [-0.15, -0.1) is 11.8 Å². The lowest BCUT2D eigenvalue weighted by Gasteiger charge is -2.30. The van der Waals surface area contributed by atoms with E-state index in [-0.39, 0.29) is 29.2 Å². The average Bonchev–Trinajstić information content (AvgIpc) is 2.69. The van der Waals surface area contributed by atoms with Crippen molar-refractivity contribution >= 4 is 29.4 Å². The number of ether oxygens (including phenoxy) is 2. The molecule has 0 saturated heterocycles. The molecule has 2 rings (SSSR count). The fourth-order valence-corrected chi connectivity index (χ4v) is 3.04. The smallest absolute Gasteiger partial charge is 0.352 e. The SMILES string of the molecule is CCOC(=O)CC1=NC(SC)N(N)C(Oc2cc(C#N)ccc2C(=O)O)=C1[N+](=O)[O-]. The highest BCUT2D eigenvalue weighted by Gasteiger charge is 2.39. The van der Waals surface area contributed by atoms with Gasteiger partial charge in [0, 0.05) is 0 Å². The summed E-state index contributed by atoms with van der Waals surface area (Å²) in [6, 6.07) is 5.34. The third-order valence-electron chi connectivity index (χ3n) is 3.77. The molecule has 0 saturated carbocycles. The molecule has 0 radical (unpaired) electrons. The van der Waals surface area contributed by atoms with Gasteiger partial charge in [0.05, 0.1) is 29.6 Å². The molecule has 1 aromatic carbocycles. The lowest BCUT2D eigenvalue weighted by Crippen LogP contribution is -2.45. The fraction of sp³-hybridized carbons (Fsp3) is 0.294. The second-order valence-corrected chi connectivity index (χ2v) is 6.56. The van der Waals surface area contributed by atoms with Gasteiger partial charge in [-0.1, -0.05) is 0 Å². The molecule has 30 heavy (non-hydrogen) atoms. The molecule has 3 N–H and O–H groups in total. The number of benzene rings is 1. The van der Waals surface area contributed by atoms with E-state index in [0.29, 0.717) is 0 Å². The summed E-state index contributed by atoms with van der Waals surface area (Å²) in [5, 5.41) is 31.1. The maximum atomic E-state index is 11.9. The van der Waals surface area contributed by atoms with Crippen molar-refractivity contribution in [3.05, 3.63) is 51.0 Å². The highest BCUT2D eigenvalue weighted by Crippen LogP contribution is 2.30. The molecule has 158 valence electrons. The number of nitrogens with two attached hydrogens (primary N) is 1. The van der Waals surface area contributed by atoms with Crippen molar-refractivity contribution in [1.82, 2.24) is 5.01 Å². The number of nitriles is 1. The summed E-state index contributed by atoms with van der Waals surface area (Å²) >= 11 is 1.10. The minimum atomic E-state index is -1.38. The number of hydrogen-bond acceptors (Lipinski definition) is 11. The Morgan fingerprint density at radius 1 is 1.50 bits per heavy atom. The van der Waals surface area contributed by atoms with E-state index in [9.17, 15) is 24.8 Å². The average molecular weight is 435 g/mol. The van der Waals surface area contributed by atoms with E-state index < -0.39 is 40.4 Å². The van der Waals surface area contributed by atoms with Crippen molar-refractivity contribution in [2.45, 2.75) is 18.8 Å². The summed E-state index contributed by atoms with van der Waals surface area (Å²) < 4.78 is 10.4. The molecule has 1 aliphatic heterocycles. The Balaban J connectivity index is 2.62. The molecule has 13 heteroatoms. The summed E-state index contributed by atoms with van der Waals surface area (Å²) in [5.74, 6) is 2.98. The molecule has 12 nitrogen and oxygen atoms in total. The third-order valence-corrected chi connectivity index (χ3v) is 4.53. The first kappa shape index (κ1) is 22.7. The normalized spacial score (nSPS) is 15.9. The molecule has 0 aromatic heterocycles. The van der Waals surface area contributed by atoms with Gasteiger partial charge in [-0.25, -0.2) is 20.6 Å². The first-order valence-corrected chi connectivity index (χ1v) is 9.65. The van der Waals surface area contributed by atoms with E-state index in [0.717, 1.165) is 28.9 Å². The zero-order chi connectivity index (χ0) is 22.4. The van der Waals surface area contributed by atoms with Crippen LogP contribution < -0.4 is 10.6 Å². The molecule has 0 spiro atoms. The van der Waals surface area contributed by atoms with Crippen LogP contribution in [-0.2, 0) is 9.53 Å². The molecular weight excluding hydrogens is 418 g/mol. The summed E-state index contributed by atoms with van der Waals surface area (Å²) in [6.07, 6.45) is 1.12. The Bertz CT molecular complexity index is 985. The second kappa shape index (κ2) is 9.72. The molecule has 1 unspecified atom stereocenters. The van der Waals surface area contributed by atoms with Crippen molar-refractivity contribution in [1.29, 1.82) is 5.26 Å². The zero-order valence-corrected chi connectivity index (χ0v) is 16.7. The summed E-state index contributed by atoms with van der Waals surface area (Å²) in [7, 11) is 0. The largest absolute Gasteiger partial charge is 0.478 e. The molecule has 0 aliphatic carbocycles. The molecule has 1 atom stereocenters. The molecule has 1 aromatic rings. The number of aliphatic imine (C=N–C) groups is 1. The number of hydrazine groups is 1. The van der Waals surface area contributed by atoms with E-state index in [1.54, 1.807) is 13.2 Å². The highest BCUT2D eigenvalue weighted by atomic mass is 32.2. The van der Waals surface area contributed by atoms with Crippen LogP contribution >= 0.6 is 11.8 Å². The quantitative estimate of drug-likeness (QED) is 0.260. The van der Waals surface area contributed by atoms with Gasteiger partial charge in [-0.3, -0.25) is 14.9 Å². The van der Waals surface area contributed by atoms with Gasteiger partial charge in [0.25, 0.3) is 5.88 Å². The Kier molecular flexibility index (Phi) is 7.34. The van der Waals surface area contributed by atoms with Crippen molar-refractivity contribution in [2.24, 2.45) is 10.8 Å². The number of hydrogen-bond donors (Lipinski definition) is 2. The lowest BCUT2D eigenvalue weighted by molar-refractivity contribution is -0.419. The van der Waals surface area contributed by atoms with E-state index in [4.69, 9.17) is 20.6 Å². The van der Waals surface area contributed by atoms with Gasteiger partial charge in [0.15, 0.2) is 5.50 Å². The van der Waals surface area contributed by atoms with Crippen LogP contribution in [0.25, 0.3) is 0 Å². The van der Waals surface area contributed by atoms with Gasteiger partial charge in [-0.05, 0) is 31.4 Å². The van der Waals surface area contributed by atoms with Crippen LogP contribution in [-0.4, -0.2) is 51.0 Å². The van der Waals surface area contributed by atoms with Crippen LogP contribution in [0.15, 0.2) is 34.8 Å². The molecule has 1 heterocycles. The van der Waals surface area contributed by atoms with E-state index >= 15 is 0 Å². The Morgan fingerprint density at radius 2 is 2.20 bits per heavy atom. The van der Waals surface area contributed by atoms with Gasteiger partial charge in [-0.2, -0.15) is 5.26 Å². The topological polar surface area (TPSA) is 181 Å². The van der Waals surface area contributed by atoms with Gasteiger partial charge >= 0.3 is 17.6 Å². The fourth-order valence-electron chi connectivity index (χ4n) is 2.49. The van der Waals surface area contributed by atoms with Gasteiger partial charge < -0.3 is 14.6 Å². The van der Waals surface area contributed by atoms with E-state index in [2.05, 4.69) is 4.99 Å². The number of rotatable bonds is 8. The Hall–Kier alpha value is -3.63. The Morgan fingerprint density at radius 3 is 2.73 bits per heavy atom. The number of aromatic carboxylic acids is 1. The number of nitro groups is 1. The molecule has 0 amide bonds. The van der Waals surface area contributed by atoms with Crippen LogP contribution in [0.4, 0.5) is 0 Å². The van der Waals surface area contributed by atoms with Crippen LogP contribution in [0.2, 0.25) is 0 Å². The predicted molar refractivity (Wildman–Crippen MR) is 105 cm³/mol. The minimum absolute atomic E-state index is 0.0689. The van der Waals surface area contributed by atoms with Crippen molar-refractivity contribution < 1.29 is 29.1 Å². The molecular formula is C17H17N5O7S. The van der Waals surface area contributed by atoms with Gasteiger partial charge in [0.2, 0.25) is 0 Å². The van der Waals surface area contributed by atoms with Gasteiger partial charge in [0.1, 0.15) is 17.0 Å². The summed E-state index contributed by atoms with van der Waals surface area (Å²) in [6.45, 7) is 1.66. The monoisotopic (exact) mass is 435 g/mol. The first-order valence-electron chi connectivity index (χ1n) is 8.36. The number of carbonyl (C=O) groups excluding carboxylic acids is 1. The molecule has 0 fully saturated rings. The van der Waals surface area contributed by atoms with Crippen molar-refractivity contribution in [3.8, 4) is 11.8 Å². The van der Waals surface area contributed by atoms with Crippen LogP contribution in [0.3, 0.4) is 0 Å². The maximum Gasteiger partial charge on any atom is 0.352 e. The maximum absolute atomic E-state index is 11.9. The summed E-state index contributed by atoms with van der Waals surface area (Å²) in [5.41, 5.74) is -2.11.